The highest BCUT2D eigenvalue weighted by atomic mass is 32.2. The van der Waals surface area contributed by atoms with Crippen LogP contribution in [0, 0.1) is 0 Å². The zero-order chi connectivity index (χ0) is 13.6. The number of nitrogens with zero attached hydrogens (tertiary/aromatic N) is 1. The van der Waals surface area contributed by atoms with Crippen LogP contribution in [-0.4, -0.2) is 25.8 Å². The van der Waals surface area contributed by atoms with Crippen LogP contribution in [0.4, 0.5) is 5.69 Å². The predicted molar refractivity (Wildman–Crippen MR) is 77.3 cm³/mol. The number of nitrogens with two attached hydrogens (primary N) is 1. The van der Waals surface area contributed by atoms with Crippen LogP contribution in [0.1, 0.15) is 39.5 Å². The zero-order valence-corrected chi connectivity index (χ0v) is 12.7. The lowest BCUT2D eigenvalue weighted by molar-refractivity contribution is 0.396. The lowest BCUT2D eigenvalue weighted by Crippen LogP contribution is -2.32. The van der Waals surface area contributed by atoms with Crippen molar-refractivity contribution in [1.29, 1.82) is 0 Å². The molecule has 1 rings (SSSR count). The summed E-state index contributed by atoms with van der Waals surface area (Å²) in [6.07, 6.45) is 3.77. The van der Waals surface area contributed by atoms with E-state index < -0.39 is 10.0 Å². The van der Waals surface area contributed by atoms with Gasteiger partial charge in [0.15, 0.2) is 0 Å². The molecule has 0 amide bonds. The Bertz CT molecular complexity index is 446. The van der Waals surface area contributed by atoms with Crippen LogP contribution in [0.15, 0.2) is 15.7 Å². The Balaban J connectivity index is 2.88. The molecular weight excluding hydrogens is 268 g/mol. The van der Waals surface area contributed by atoms with Gasteiger partial charge in [0.1, 0.15) is 4.21 Å². The summed E-state index contributed by atoms with van der Waals surface area (Å²) in [6.45, 7) is 5.31. The van der Waals surface area contributed by atoms with Gasteiger partial charge in [-0.05, 0) is 18.9 Å². The van der Waals surface area contributed by atoms with Gasteiger partial charge >= 0.3 is 0 Å². The van der Waals surface area contributed by atoms with Gasteiger partial charge in [-0.25, -0.2) is 8.42 Å². The Kier molecular flexibility index (Phi) is 6.11. The highest BCUT2D eigenvalue weighted by molar-refractivity contribution is 7.91. The fourth-order valence-electron chi connectivity index (χ4n) is 1.61. The third kappa shape index (κ3) is 3.96. The minimum Gasteiger partial charge on any atom is -0.398 e. The number of anilines is 1. The zero-order valence-electron chi connectivity index (χ0n) is 11.1. The fourth-order valence-corrected chi connectivity index (χ4v) is 4.36. The highest BCUT2D eigenvalue weighted by Crippen LogP contribution is 2.25. The molecule has 0 saturated carbocycles. The summed E-state index contributed by atoms with van der Waals surface area (Å²) in [7, 11) is -3.35. The Morgan fingerprint density at radius 3 is 2.17 bits per heavy atom. The normalized spacial score (nSPS) is 12.2. The van der Waals surface area contributed by atoms with Gasteiger partial charge in [-0.15, -0.1) is 11.3 Å². The lowest BCUT2D eigenvalue weighted by atomic mass is 10.3. The summed E-state index contributed by atoms with van der Waals surface area (Å²) >= 11 is 1.20. The van der Waals surface area contributed by atoms with E-state index in [1.807, 2.05) is 0 Å². The first-order chi connectivity index (χ1) is 8.52. The van der Waals surface area contributed by atoms with Crippen molar-refractivity contribution in [3.05, 3.63) is 11.4 Å². The molecule has 0 aliphatic carbocycles. The van der Waals surface area contributed by atoms with Gasteiger partial charge in [-0.1, -0.05) is 26.7 Å². The van der Waals surface area contributed by atoms with Gasteiger partial charge in [0.05, 0.1) is 0 Å². The van der Waals surface area contributed by atoms with E-state index in [1.165, 1.54) is 11.3 Å². The van der Waals surface area contributed by atoms with E-state index >= 15 is 0 Å². The lowest BCUT2D eigenvalue weighted by Gasteiger charge is -2.20. The Hall–Kier alpha value is -0.590. The molecule has 6 heteroatoms. The number of rotatable bonds is 8. The van der Waals surface area contributed by atoms with E-state index in [0.29, 0.717) is 23.0 Å². The number of unbranched alkanes of at least 4 members (excludes halogenated alkanes) is 2. The second-order valence-electron chi connectivity index (χ2n) is 4.31. The first kappa shape index (κ1) is 15.5. The van der Waals surface area contributed by atoms with Crippen molar-refractivity contribution < 1.29 is 8.42 Å². The maximum absolute atomic E-state index is 12.4. The van der Waals surface area contributed by atoms with E-state index in [9.17, 15) is 8.42 Å². The first-order valence-electron chi connectivity index (χ1n) is 6.36. The van der Waals surface area contributed by atoms with E-state index in [0.717, 1.165) is 25.7 Å². The standard InChI is InChI=1S/C12H22N2O2S2/c1-3-5-7-14(8-6-4-2)18(15,16)12-9-11(13)10-17-12/h9-10H,3-8,13H2,1-2H3. The molecule has 0 atom stereocenters. The van der Waals surface area contributed by atoms with Gasteiger partial charge in [0.25, 0.3) is 10.0 Å². The van der Waals surface area contributed by atoms with E-state index in [4.69, 9.17) is 5.73 Å². The molecule has 1 heterocycles. The molecule has 0 spiro atoms. The van der Waals surface area contributed by atoms with Gasteiger partial charge in [-0.3, -0.25) is 0 Å². The molecule has 0 aliphatic heterocycles. The molecule has 2 N–H and O–H groups in total. The fraction of sp³-hybridized carbons (Fsp3) is 0.667. The number of hydrogen-bond acceptors (Lipinski definition) is 4. The molecular formula is C12H22N2O2S2. The van der Waals surface area contributed by atoms with Crippen LogP contribution < -0.4 is 5.73 Å². The van der Waals surface area contributed by atoms with Crippen molar-refractivity contribution in [2.45, 2.75) is 43.7 Å². The van der Waals surface area contributed by atoms with Crippen molar-refractivity contribution in [3.8, 4) is 0 Å². The molecule has 0 aromatic carbocycles. The molecule has 0 aliphatic rings. The molecule has 0 bridgehead atoms. The van der Waals surface area contributed by atoms with E-state index in [1.54, 1.807) is 15.8 Å². The maximum Gasteiger partial charge on any atom is 0.252 e. The highest BCUT2D eigenvalue weighted by Gasteiger charge is 2.24. The molecule has 0 unspecified atom stereocenters. The Labute approximate surface area is 114 Å². The second-order valence-corrected chi connectivity index (χ2v) is 7.39. The van der Waals surface area contributed by atoms with Crippen LogP contribution in [0.5, 0.6) is 0 Å². The minimum absolute atomic E-state index is 0.354. The molecule has 1 aromatic heterocycles. The number of hydrogen-bond donors (Lipinski definition) is 1. The molecule has 4 nitrogen and oxygen atoms in total. The summed E-state index contributed by atoms with van der Waals surface area (Å²) in [5, 5.41) is 1.67. The van der Waals surface area contributed by atoms with Crippen LogP contribution in [0.25, 0.3) is 0 Å². The number of sulfonamides is 1. The quantitative estimate of drug-likeness (QED) is 0.800. The van der Waals surface area contributed by atoms with E-state index in [-0.39, 0.29) is 0 Å². The molecule has 0 radical (unpaired) electrons. The topological polar surface area (TPSA) is 63.4 Å². The van der Waals surface area contributed by atoms with Gasteiger partial charge in [0.2, 0.25) is 0 Å². The number of thiophene rings is 1. The van der Waals surface area contributed by atoms with Crippen molar-refractivity contribution in [2.24, 2.45) is 0 Å². The maximum atomic E-state index is 12.4. The Morgan fingerprint density at radius 2 is 1.78 bits per heavy atom. The molecule has 0 fully saturated rings. The van der Waals surface area contributed by atoms with E-state index in [2.05, 4.69) is 13.8 Å². The molecule has 0 saturated heterocycles. The summed E-state index contributed by atoms with van der Waals surface area (Å²) in [5.41, 5.74) is 6.12. The summed E-state index contributed by atoms with van der Waals surface area (Å²) in [6, 6.07) is 1.55. The van der Waals surface area contributed by atoms with Crippen LogP contribution in [0.3, 0.4) is 0 Å². The van der Waals surface area contributed by atoms with Gasteiger partial charge < -0.3 is 5.73 Å². The minimum atomic E-state index is -3.35. The van der Waals surface area contributed by atoms with Gasteiger partial charge in [0, 0.05) is 24.2 Å². The summed E-state index contributed by atoms with van der Waals surface area (Å²) in [4.78, 5) is 0. The predicted octanol–water partition coefficient (Wildman–Crippen LogP) is 2.92. The summed E-state index contributed by atoms with van der Waals surface area (Å²) < 4.78 is 26.8. The van der Waals surface area contributed by atoms with Crippen molar-refractivity contribution >= 4 is 27.0 Å². The number of nitrogen functional groups attached to an aromatic ring is 1. The largest absolute Gasteiger partial charge is 0.398 e. The Morgan fingerprint density at radius 1 is 1.22 bits per heavy atom. The average molecular weight is 290 g/mol. The SMILES string of the molecule is CCCCN(CCCC)S(=O)(=O)c1cc(N)cs1. The van der Waals surface area contributed by atoms with Crippen molar-refractivity contribution in [1.82, 2.24) is 4.31 Å². The first-order valence-corrected chi connectivity index (χ1v) is 8.68. The molecule has 104 valence electrons. The average Bonchev–Trinajstić information content (AvgIpc) is 2.76. The smallest absolute Gasteiger partial charge is 0.252 e. The van der Waals surface area contributed by atoms with Gasteiger partial charge in [-0.2, -0.15) is 4.31 Å². The molecule has 18 heavy (non-hydrogen) atoms. The summed E-state index contributed by atoms with van der Waals surface area (Å²) in [5.74, 6) is 0. The third-order valence-electron chi connectivity index (χ3n) is 2.71. The monoisotopic (exact) mass is 290 g/mol. The van der Waals surface area contributed by atoms with Crippen LogP contribution in [0.2, 0.25) is 0 Å². The molecule has 1 aromatic rings. The van der Waals surface area contributed by atoms with Crippen molar-refractivity contribution in [2.75, 3.05) is 18.8 Å². The third-order valence-corrected chi connectivity index (χ3v) is 6.04. The van der Waals surface area contributed by atoms with Crippen molar-refractivity contribution in [3.63, 3.8) is 0 Å². The van der Waals surface area contributed by atoms with Crippen LogP contribution >= 0.6 is 11.3 Å². The second kappa shape index (κ2) is 7.11. The van der Waals surface area contributed by atoms with Crippen LogP contribution in [-0.2, 0) is 10.0 Å².